The van der Waals surface area contributed by atoms with E-state index in [0.717, 1.165) is 0 Å². The molecular weight excluding hydrogens is 199 g/mol. The second-order valence-electron chi connectivity index (χ2n) is 3.16. The Balaban J connectivity index is 0.00000144. The second-order valence-corrected chi connectivity index (χ2v) is 3.78. The molecule has 13 heavy (non-hydrogen) atoms. The Morgan fingerprint density at radius 3 is 2.46 bits per heavy atom. The second kappa shape index (κ2) is 7.35. The smallest absolute Gasteiger partial charge is 0.0271 e. The summed E-state index contributed by atoms with van der Waals surface area (Å²) < 4.78 is 0. The summed E-state index contributed by atoms with van der Waals surface area (Å²) in [4.78, 5) is 0. The first-order chi connectivity index (χ1) is 5.84. The van der Waals surface area contributed by atoms with Crippen LogP contribution in [0.15, 0.2) is 24.3 Å². The normalized spacial score (nSPS) is 9.38. The lowest BCUT2D eigenvalue weighted by molar-refractivity contribution is 0.719. The molecule has 2 heteroatoms. The molecule has 0 saturated heterocycles. The van der Waals surface area contributed by atoms with Gasteiger partial charge in [0.15, 0.2) is 0 Å². The zero-order valence-electron chi connectivity index (χ0n) is 8.12. The Hall–Kier alpha value is -0.0600. The molecule has 0 radical (unpaired) electrons. The van der Waals surface area contributed by atoms with Gasteiger partial charge in [-0.3, -0.25) is 0 Å². The summed E-state index contributed by atoms with van der Waals surface area (Å²) in [6, 6.07) is 8.59. The van der Waals surface area contributed by atoms with E-state index >= 15 is 0 Å². The molecule has 1 aromatic rings. The first-order valence-corrected chi connectivity index (χ1v) is 5.25. The van der Waals surface area contributed by atoms with Crippen LogP contribution in [0.3, 0.4) is 0 Å². The third-order valence-electron chi connectivity index (χ3n) is 2.10. The van der Waals surface area contributed by atoms with Crippen LogP contribution < -0.4 is 5.30 Å². The number of hydrogen-bond donors (Lipinski definition) is 0. The average molecular weight is 217 g/mol. The average Bonchev–Trinajstić information content (AvgIpc) is 2.09. The predicted octanol–water partition coefficient (Wildman–Crippen LogP) is 3.34. The highest BCUT2D eigenvalue weighted by Crippen LogP contribution is 2.06. The third kappa shape index (κ3) is 4.64. The largest absolute Gasteiger partial charge is 0.147 e. The number of aryl methyl sites for hydroxylation is 1. The van der Waals surface area contributed by atoms with E-state index in [9.17, 15) is 0 Å². The summed E-state index contributed by atoms with van der Waals surface area (Å²) in [7, 11) is 2.80. The minimum atomic E-state index is 0. The van der Waals surface area contributed by atoms with Crippen LogP contribution in [-0.4, -0.2) is 0 Å². The molecule has 1 rings (SSSR count). The fourth-order valence-corrected chi connectivity index (χ4v) is 1.68. The van der Waals surface area contributed by atoms with E-state index in [-0.39, 0.29) is 12.4 Å². The van der Waals surface area contributed by atoms with Crippen LogP contribution in [0.4, 0.5) is 0 Å². The fourth-order valence-electron chi connectivity index (χ4n) is 1.33. The van der Waals surface area contributed by atoms with Crippen molar-refractivity contribution in [1.29, 1.82) is 0 Å². The molecule has 1 unspecified atom stereocenters. The van der Waals surface area contributed by atoms with Gasteiger partial charge in [0.2, 0.25) is 0 Å². The van der Waals surface area contributed by atoms with Gasteiger partial charge in [-0.1, -0.05) is 44.0 Å². The molecular formula is C11H18ClP. The van der Waals surface area contributed by atoms with Crippen molar-refractivity contribution in [2.75, 3.05) is 0 Å². The molecule has 0 fully saturated rings. The molecule has 0 spiro atoms. The molecule has 0 saturated carbocycles. The van der Waals surface area contributed by atoms with Gasteiger partial charge in [-0.05, 0) is 23.7 Å². The Morgan fingerprint density at radius 1 is 1.15 bits per heavy atom. The molecule has 0 aliphatic heterocycles. The first kappa shape index (κ1) is 12.9. The molecule has 1 atom stereocenters. The lowest BCUT2D eigenvalue weighted by Crippen LogP contribution is -2.00. The highest BCUT2D eigenvalue weighted by Gasteiger charge is 1.95. The van der Waals surface area contributed by atoms with Gasteiger partial charge in [-0.25, -0.2) is 0 Å². The van der Waals surface area contributed by atoms with Gasteiger partial charge in [0.1, 0.15) is 0 Å². The van der Waals surface area contributed by atoms with E-state index < -0.39 is 0 Å². The number of unbranched alkanes of at least 4 members (excludes halogenated alkanes) is 2. The Kier molecular flexibility index (Phi) is 7.32. The van der Waals surface area contributed by atoms with Crippen LogP contribution in [0.5, 0.6) is 0 Å². The van der Waals surface area contributed by atoms with Crippen molar-refractivity contribution in [2.24, 2.45) is 0 Å². The summed E-state index contributed by atoms with van der Waals surface area (Å²) >= 11 is 0. The number of hydrogen-bond acceptors (Lipinski definition) is 0. The van der Waals surface area contributed by atoms with Crippen LogP contribution in [0.1, 0.15) is 31.7 Å². The lowest BCUT2D eigenvalue weighted by Gasteiger charge is -2.03. The van der Waals surface area contributed by atoms with Crippen molar-refractivity contribution in [3.63, 3.8) is 0 Å². The summed E-state index contributed by atoms with van der Waals surface area (Å²) in [6.45, 7) is 2.24. The molecule has 0 bridgehead atoms. The van der Waals surface area contributed by atoms with Gasteiger partial charge >= 0.3 is 0 Å². The highest BCUT2D eigenvalue weighted by atomic mass is 35.5. The quantitative estimate of drug-likeness (QED) is 0.535. The third-order valence-corrected chi connectivity index (χ3v) is 2.67. The predicted molar refractivity (Wildman–Crippen MR) is 66.3 cm³/mol. The van der Waals surface area contributed by atoms with Crippen LogP contribution in [0.25, 0.3) is 0 Å². The Labute approximate surface area is 89.7 Å². The van der Waals surface area contributed by atoms with E-state index in [0.29, 0.717) is 0 Å². The molecule has 0 N–H and O–H groups in total. The van der Waals surface area contributed by atoms with Gasteiger partial charge in [0.05, 0.1) is 0 Å². The zero-order valence-corrected chi connectivity index (χ0v) is 10.1. The molecule has 1 aromatic carbocycles. The Bertz CT molecular complexity index is 235. The first-order valence-electron chi connectivity index (χ1n) is 4.68. The van der Waals surface area contributed by atoms with Crippen LogP contribution in [0, 0.1) is 0 Å². The topological polar surface area (TPSA) is 0 Å². The molecule has 0 nitrogen and oxygen atoms in total. The fraction of sp³-hybridized carbons (Fsp3) is 0.455. The lowest BCUT2D eigenvalue weighted by atomic mass is 10.1. The standard InChI is InChI=1S/C11H17P.ClH/c1-2-3-4-7-10-8-5-6-9-11(10)12;/h5-6,8-9H,2-4,7,12H2,1H3;1H. The molecule has 0 heterocycles. The molecule has 0 amide bonds. The zero-order chi connectivity index (χ0) is 8.81. The summed E-state index contributed by atoms with van der Waals surface area (Å²) in [5.41, 5.74) is 1.48. The molecule has 0 aliphatic rings. The van der Waals surface area contributed by atoms with Crippen molar-refractivity contribution in [1.82, 2.24) is 0 Å². The maximum atomic E-state index is 2.80. The highest BCUT2D eigenvalue weighted by molar-refractivity contribution is 7.27. The number of benzene rings is 1. The maximum Gasteiger partial charge on any atom is -0.0271 e. The molecule has 74 valence electrons. The van der Waals surface area contributed by atoms with Crippen molar-refractivity contribution in [3.05, 3.63) is 29.8 Å². The molecule has 0 aromatic heterocycles. The van der Waals surface area contributed by atoms with Crippen molar-refractivity contribution < 1.29 is 0 Å². The van der Waals surface area contributed by atoms with Crippen molar-refractivity contribution >= 4 is 27.0 Å². The van der Waals surface area contributed by atoms with Gasteiger partial charge in [-0.15, -0.1) is 21.6 Å². The van der Waals surface area contributed by atoms with Crippen LogP contribution in [-0.2, 0) is 6.42 Å². The molecule has 0 aliphatic carbocycles. The van der Waals surface area contributed by atoms with Crippen molar-refractivity contribution in [3.8, 4) is 0 Å². The summed E-state index contributed by atoms with van der Waals surface area (Å²) in [6.07, 6.45) is 5.20. The van der Waals surface area contributed by atoms with E-state index in [1.807, 2.05) is 0 Å². The number of halogens is 1. The van der Waals surface area contributed by atoms with Gasteiger partial charge in [0, 0.05) is 0 Å². The monoisotopic (exact) mass is 216 g/mol. The Morgan fingerprint density at radius 2 is 1.85 bits per heavy atom. The van der Waals surface area contributed by atoms with Gasteiger partial charge in [-0.2, -0.15) is 0 Å². The number of rotatable bonds is 4. The summed E-state index contributed by atoms with van der Waals surface area (Å²) in [5, 5.41) is 1.36. The van der Waals surface area contributed by atoms with Crippen LogP contribution in [0.2, 0.25) is 0 Å². The van der Waals surface area contributed by atoms with E-state index in [1.54, 1.807) is 0 Å². The van der Waals surface area contributed by atoms with Crippen LogP contribution >= 0.6 is 21.6 Å². The minimum Gasteiger partial charge on any atom is -0.147 e. The SMILES string of the molecule is CCCCCc1ccccc1P.Cl. The van der Waals surface area contributed by atoms with Gasteiger partial charge in [0.25, 0.3) is 0 Å². The summed E-state index contributed by atoms with van der Waals surface area (Å²) in [5.74, 6) is 0. The van der Waals surface area contributed by atoms with E-state index in [4.69, 9.17) is 0 Å². The minimum absolute atomic E-state index is 0. The maximum absolute atomic E-state index is 2.80. The van der Waals surface area contributed by atoms with E-state index in [2.05, 4.69) is 40.4 Å². The van der Waals surface area contributed by atoms with Gasteiger partial charge < -0.3 is 0 Å². The van der Waals surface area contributed by atoms with Crippen molar-refractivity contribution in [2.45, 2.75) is 32.6 Å². The van der Waals surface area contributed by atoms with E-state index in [1.165, 1.54) is 36.6 Å².